The predicted octanol–water partition coefficient (Wildman–Crippen LogP) is 4.04. The van der Waals surface area contributed by atoms with Gasteiger partial charge >= 0.3 is 0 Å². The minimum atomic E-state index is -3.30. The van der Waals surface area contributed by atoms with Crippen molar-refractivity contribution in [1.82, 2.24) is 15.3 Å². The van der Waals surface area contributed by atoms with Crippen molar-refractivity contribution >= 4 is 44.5 Å². The molecule has 0 radical (unpaired) electrons. The number of fused-ring (bicyclic) bond motifs is 1. The monoisotopic (exact) mass is 522 g/mol. The molecule has 5 rings (SSSR count). The van der Waals surface area contributed by atoms with Gasteiger partial charge in [0.1, 0.15) is 0 Å². The minimum Gasteiger partial charge on any atom is -0.378 e. The van der Waals surface area contributed by atoms with Crippen molar-refractivity contribution in [2.75, 3.05) is 24.2 Å². The molecule has 1 aromatic carbocycles. The van der Waals surface area contributed by atoms with Crippen LogP contribution in [-0.4, -0.2) is 47.1 Å². The van der Waals surface area contributed by atoms with Crippen molar-refractivity contribution in [3.8, 4) is 0 Å². The van der Waals surface area contributed by atoms with Gasteiger partial charge in [-0.3, -0.25) is 0 Å². The standard InChI is InChI=1S/C26H30N6O2S2/c1-26-14-18(4-9-23(26)32-24(27)35-26)2-3-20-15-29-25(30-16-20)31-21-5-7-22(8-6-21)36(33,34)17-19-10-12-28-13-11-19/h2-9,15-16,19,28H,10-14,17H2,1H3,(H2,27,32)(H,29,30,31)/b3-2+. The maximum Gasteiger partial charge on any atom is 0.227 e. The molecule has 4 N–H and O–H groups in total. The summed E-state index contributed by atoms with van der Waals surface area (Å²) in [5.74, 6) is 0.869. The van der Waals surface area contributed by atoms with Crippen LogP contribution < -0.4 is 16.4 Å². The highest BCUT2D eigenvalue weighted by atomic mass is 32.2. The van der Waals surface area contributed by atoms with Crippen LogP contribution in [0.1, 0.15) is 31.7 Å². The Morgan fingerprint density at radius 3 is 2.58 bits per heavy atom. The third-order valence-corrected chi connectivity index (χ3v) is 9.65. The summed E-state index contributed by atoms with van der Waals surface area (Å²) in [6.07, 6.45) is 14.3. The molecule has 1 aromatic heterocycles. The van der Waals surface area contributed by atoms with E-state index in [1.54, 1.807) is 48.4 Å². The molecule has 1 atom stereocenters. The van der Waals surface area contributed by atoms with Crippen LogP contribution in [-0.2, 0) is 9.84 Å². The summed E-state index contributed by atoms with van der Waals surface area (Å²) in [6, 6.07) is 6.80. The number of nitrogens with one attached hydrogen (secondary N) is 2. The molecule has 2 aliphatic heterocycles. The van der Waals surface area contributed by atoms with Gasteiger partial charge in [0.2, 0.25) is 5.95 Å². The highest BCUT2D eigenvalue weighted by molar-refractivity contribution is 8.15. The van der Waals surface area contributed by atoms with E-state index in [1.165, 1.54) is 5.57 Å². The van der Waals surface area contributed by atoms with Gasteiger partial charge in [0.25, 0.3) is 0 Å². The molecule has 8 nitrogen and oxygen atoms in total. The summed E-state index contributed by atoms with van der Waals surface area (Å²) in [4.78, 5) is 13.6. The number of hydrogen-bond donors (Lipinski definition) is 3. The van der Waals surface area contributed by atoms with Gasteiger partial charge in [-0.25, -0.2) is 23.4 Å². The first-order chi connectivity index (χ1) is 17.3. The number of benzene rings is 1. The molecule has 1 unspecified atom stereocenters. The Balaban J connectivity index is 1.18. The summed E-state index contributed by atoms with van der Waals surface area (Å²) in [5.41, 5.74) is 9.73. The lowest BCUT2D eigenvalue weighted by Crippen LogP contribution is -2.31. The van der Waals surface area contributed by atoms with Crippen molar-refractivity contribution < 1.29 is 8.42 Å². The number of nitrogens with two attached hydrogens (primary N) is 1. The zero-order chi connectivity index (χ0) is 25.2. The average molecular weight is 523 g/mol. The van der Waals surface area contributed by atoms with E-state index in [-0.39, 0.29) is 16.4 Å². The van der Waals surface area contributed by atoms with E-state index in [2.05, 4.69) is 44.7 Å². The number of allylic oxidation sites excluding steroid dienone is 4. The molecule has 36 heavy (non-hydrogen) atoms. The summed E-state index contributed by atoms with van der Waals surface area (Å²) in [5, 5.41) is 7.03. The van der Waals surface area contributed by atoms with Crippen molar-refractivity contribution in [1.29, 1.82) is 0 Å². The smallest absolute Gasteiger partial charge is 0.227 e. The number of amidine groups is 1. The molecule has 1 aliphatic carbocycles. The molecule has 0 spiro atoms. The molecule has 3 aliphatic rings. The van der Waals surface area contributed by atoms with E-state index in [0.29, 0.717) is 16.0 Å². The molecular weight excluding hydrogens is 492 g/mol. The normalized spacial score (nSPS) is 22.6. The second-order valence-corrected chi connectivity index (χ2v) is 13.1. The number of anilines is 2. The van der Waals surface area contributed by atoms with Gasteiger partial charge in [-0.05, 0) is 81.1 Å². The number of rotatable bonds is 7. The van der Waals surface area contributed by atoms with E-state index in [4.69, 9.17) is 5.73 Å². The molecule has 1 saturated heterocycles. The fourth-order valence-corrected chi connectivity index (χ4v) is 7.41. The second kappa shape index (κ2) is 10.2. The SMILES string of the molecule is CC12CC(/C=C/c3cnc(Nc4ccc(S(=O)(=O)CC5CCNCC5)cc4)nc3)=CC=C1N=C(N)S2. The highest BCUT2D eigenvalue weighted by Gasteiger charge is 2.38. The molecule has 10 heteroatoms. The van der Waals surface area contributed by atoms with E-state index in [0.717, 1.165) is 49.3 Å². The van der Waals surface area contributed by atoms with Crippen molar-refractivity contribution in [3.05, 3.63) is 71.7 Å². The van der Waals surface area contributed by atoms with E-state index < -0.39 is 9.84 Å². The molecule has 3 heterocycles. The number of nitrogens with zero attached hydrogens (tertiary/aromatic N) is 3. The van der Waals surface area contributed by atoms with E-state index >= 15 is 0 Å². The second-order valence-electron chi connectivity index (χ2n) is 9.55. The van der Waals surface area contributed by atoms with Crippen LogP contribution in [0.25, 0.3) is 6.08 Å². The number of aliphatic imine (C=N–C) groups is 1. The third kappa shape index (κ3) is 5.71. The van der Waals surface area contributed by atoms with Gasteiger partial charge in [-0.15, -0.1) is 0 Å². The third-order valence-electron chi connectivity index (χ3n) is 6.64. The molecular formula is C26H30N6O2S2. The fraction of sp³-hybridized carbons (Fsp3) is 0.346. The molecule has 0 bridgehead atoms. The first-order valence-electron chi connectivity index (χ1n) is 12.0. The van der Waals surface area contributed by atoms with Crippen molar-refractivity contribution in [2.45, 2.75) is 35.8 Å². The summed E-state index contributed by atoms with van der Waals surface area (Å²) >= 11 is 1.61. The number of aromatic nitrogens is 2. The Labute approximate surface area is 216 Å². The van der Waals surface area contributed by atoms with Crippen LogP contribution in [0.5, 0.6) is 0 Å². The maximum atomic E-state index is 12.8. The van der Waals surface area contributed by atoms with Gasteiger partial charge in [-0.1, -0.05) is 30.0 Å². The van der Waals surface area contributed by atoms with Crippen LogP contribution >= 0.6 is 11.8 Å². The van der Waals surface area contributed by atoms with Gasteiger partial charge in [0.15, 0.2) is 15.0 Å². The Morgan fingerprint density at radius 2 is 1.86 bits per heavy atom. The zero-order valence-corrected chi connectivity index (χ0v) is 21.8. The largest absolute Gasteiger partial charge is 0.378 e. The fourth-order valence-electron chi connectivity index (χ4n) is 4.65. The first-order valence-corrected chi connectivity index (χ1v) is 14.5. The summed E-state index contributed by atoms with van der Waals surface area (Å²) in [6.45, 7) is 3.93. The van der Waals surface area contributed by atoms with E-state index in [1.807, 2.05) is 12.2 Å². The number of piperidine rings is 1. The van der Waals surface area contributed by atoms with Crippen LogP contribution in [0.3, 0.4) is 0 Å². The van der Waals surface area contributed by atoms with Crippen LogP contribution in [0.2, 0.25) is 0 Å². The first kappa shape index (κ1) is 24.7. The summed E-state index contributed by atoms with van der Waals surface area (Å²) < 4.78 is 25.5. The Hall–Kier alpha value is -2.95. The highest BCUT2D eigenvalue weighted by Crippen LogP contribution is 2.46. The van der Waals surface area contributed by atoms with Crippen LogP contribution in [0.4, 0.5) is 11.6 Å². The zero-order valence-electron chi connectivity index (χ0n) is 20.1. The number of thioether (sulfide) groups is 1. The average Bonchev–Trinajstić information content (AvgIpc) is 3.17. The summed E-state index contributed by atoms with van der Waals surface area (Å²) in [7, 11) is -3.30. The van der Waals surface area contributed by atoms with Gasteiger partial charge in [0.05, 0.1) is 21.1 Å². The number of sulfone groups is 1. The maximum absolute atomic E-state index is 12.8. The van der Waals surface area contributed by atoms with E-state index in [9.17, 15) is 8.42 Å². The molecule has 0 saturated carbocycles. The quantitative estimate of drug-likeness (QED) is 0.498. The van der Waals surface area contributed by atoms with Gasteiger partial charge < -0.3 is 16.4 Å². The Bertz CT molecular complexity index is 1340. The van der Waals surface area contributed by atoms with Crippen LogP contribution in [0.15, 0.2) is 76.0 Å². The molecule has 2 aromatic rings. The molecule has 188 valence electrons. The Kier molecular flexibility index (Phi) is 7.00. The van der Waals surface area contributed by atoms with Crippen molar-refractivity contribution in [2.24, 2.45) is 16.6 Å². The minimum absolute atomic E-state index is 0.106. The van der Waals surface area contributed by atoms with Gasteiger partial charge in [-0.2, -0.15) is 0 Å². The van der Waals surface area contributed by atoms with Crippen LogP contribution in [0, 0.1) is 5.92 Å². The van der Waals surface area contributed by atoms with Crippen molar-refractivity contribution in [3.63, 3.8) is 0 Å². The Morgan fingerprint density at radius 1 is 1.14 bits per heavy atom. The number of hydrogen-bond acceptors (Lipinski definition) is 9. The predicted molar refractivity (Wildman–Crippen MR) is 147 cm³/mol. The lowest BCUT2D eigenvalue weighted by molar-refractivity contribution is 0.401. The molecule has 1 fully saturated rings. The lowest BCUT2D eigenvalue weighted by atomic mass is 9.91. The van der Waals surface area contributed by atoms with Gasteiger partial charge in [0, 0.05) is 23.6 Å². The molecule has 0 amide bonds. The topological polar surface area (TPSA) is 122 Å². The lowest BCUT2D eigenvalue weighted by Gasteiger charge is -2.26.